The Morgan fingerprint density at radius 3 is 2.71 bits per heavy atom. The summed E-state index contributed by atoms with van der Waals surface area (Å²) in [5.41, 5.74) is 3.41. The Morgan fingerprint density at radius 1 is 1.19 bits per heavy atom. The minimum atomic E-state index is -1.30. The zero-order valence-corrected chi connectivity index (χ0v) is 23.7. The molecular formula is C30H30FN7O4. The third kappa shape index (κ3) is 3.67. The van der Waals surface area contributed by atoms with Crippen molar-refractivity contribution in [3.05, 3.63) is 52.3 Å². The van der Waals surface area contributed by atoms with Gasteiger partial charge in [0.25, 0.3) is 0 Å². The number of benzene rings is 1. The number of ether oxygens (including phenoxy) is 1. The lowest BCUT2D eigenvalue weighted by atomic mass is 10.0. The van der Waals surface area contributed by atoms with Crippen molar-refractivity contribution in [2.24, 2.45) is 13.0 Å². The molecule has 2 saturated heterocycles. The number of nitrogens with zero attached hydrogens (tertiary/aromatic N) is 5. The molecule has 3 N–H and O–H groups in total. The van der Waals surface area contributed by atoms with Crippen molar-refractivity contribution in [1.29, 1.82) is 0 Å². The van der Waals surface area contributed by atoms with Crippen LogP contribution >= 0.6 is 0 Å². The Kier molecular flexibility index (Phi) is 5.87. The van der Waals surface area contributed by atoms with Gasteiger partial charge in [-0.3, -0.25) is 4.79 Å². The summed E-state index contributed by atoms with van der Waals surface area (Å²) in [5.74, 6) is -1.21. The molecule has 4 aromatic heterocycles. The van der Waals surface area contributed by atoms with Crippen LogP contribution in [0.15, 0.2) is 35.5 Å². The molecule has 1 aromatic carbocycles. The van der Waals surface area contributed by atoms with Crippen molar-refractivity contribution in [2.75, 3.05) is 51.1 Å². The molecule has 0 aliphatic carbocycles. The Bertz CT molecular complexity index is 2000. The fourth-order valence-electron chi connectivity index (χ4n) is 6.91. The number of likely N-dealkylation sites (N-methyl/N-ethyl adjacent to an activating group) is 1. The summed E-state index contributed by atoms with van der Waals surface area (Å²) < 4.78 is 22.5. The maximum atomic E-state index is 15.4. The lowest BCUT2D eigenvalue weighted by Gasteiger charge is -2.26. The smallest absolute Gasteiger partial charge is 0.341 e. The number of pyridine rings is 3. The predicted molar refractivity (Wildman–Crippen MR) is 159 cm³/mol. The summed E-state index contributed by atoms with van der Waals surface area (Å²) in [5, 5.41) is 14.2. The fraction of sp³-hybridized carbons (Fsp3) is 0.333. The number of aromatic nitrogens is 4. The van der Waals surface area contributed by atoms with E-state index in [0.717, 1.165) is 31.7 Å². The van der Waals surface area contributed by atoms with Crippen LogP contribution < -0.4 is 20.4 Å². The van der Waals surface area contributed by atoms with Crippen LogP contribution in [0, 0.1) is 11.7 Å². The summed E-state index contributed by atoms with van der Waals surface area (Å²) in [4.78, 5) is 42.4. The number of carboxylic acid groups (broad SMARTS) is 1. The molecule has 2 aliphatic heterocycles. The van der Waals surface area contributed by atoms with Gasteiger partial charge in [0.1, 0.15) is 16.9 Å². The molecule has 2 atom stereocenters. The highest BCUT2D eigenvalue weighted by molar-refractivity contribution is 6.20. The number of fused-ring (bicyclic) bond motifs is 5. The molecule has 7 rings (SSSR count). The molecule has 216 valence electrons. The van der Waals surface area contributed by atoms with E-state index in [-0.39, 0.29) is 16.7 Å². The maximum absolute atomic E-state index is 15.4. The largest absolute Gasteiger partial charge is 0.493 e. The number of aryl methyl sites for hydroxylation is 1. The van der Waals surface area contributed by atoms with Crippen LogP contribution in [-0.4, -0.2) is 82.4 Å². The van der Waals surface area contributed by atoms with Crippen LogP contribution in [0.1, 0.15) is 16.8 Å². The molecule has 0 bridgehead atoms. The topological polar surface area (TPSA) is 129 Å². The van der Waals surface area contributed by atoms with Crippen molar-refractivity contribution in [3.8, 4) is 16.9 Å². The number of hydrogen-bond donors (Lipinski definition) is 3. The lowest BCUT2D eigenvalue weighted by molar-refractivity contribution is 0.0695. The summed E-state index contributed by atoms with van der Waals surface area (Å²) in [6, 6.07) is 3.45. The van der Waals surface area contributed by atoms with Gasteiger partial charge in [-0.25, -0.2) is 19.2 Å². The second-order valence-corrected chi connectivity index (χ2v) is 11.2. The van der Waals surface area contributed by atoms with Crippen LogP contribution in [0.25, 0.3) is 44.1 Å². The fourth-order valence-corrected chi connectivity index (χ4v) is 6.91. The zero-order valence-electron chi connectivity index (χ0n) is 23.7. The van der Waals surface area contributed by atoms with E-state index in [9.17, 15) is 14.7 Å². The third-order valence-corrected chi connectivity index (χ3v) is 8.95. The first-order valence-corrected chi connectivity index (χ1v) is 13.8. The third-order valence-electron chi connectivity index (χ3n) is 8.95. The van der Waals surface area contributed by atoms with E-state index in [1.165, 1.54) is 23.9 Å². The van der Waals surface area contributed by atoms with Crippen LogP contribution in [0.4, 0.5) is 15.8 Å². The molecule has 11 nitrogen and oxygen atoms in total. The molecule has 12 heteroatoms. The van der Waals surface area contributed by atoms with Crippen LogP contribution in [-0.2, 0) is 7.05 Å². The molecule has 0 saturated carbocycles. The minimum absolute atomic E-state index is 0.114. The number of anilines is 2. The molecular weight excluding hydrogens is 541 g/mol. The molecule has 2 aliphatic rings. The number of hydrogen-bond acceptors (Lipinski definition) is 8. The number of likely N-dealkylation sites (tertiary alicyclic amines) is 1. The van der Waals surface area contributed by atoms with Crippen molar-refractivity contribution in [1.82, 2.24) is 24.4 Å². The van der Waals surface area contributed by atoms with E-state index >= 15 is 4.39 Å². The molecule has 6 heterocycles. The standard InChI is InChI=1S/C30H30FN7O4/c1-32-20-8-19(31)27(42-4)22-23-25(38-11-14-5-6-36(2)21(14)13-38)17(10-33-28(23)35-24(20)22)15-7-16-26(39)18(30(40)41)12-37(3)29(16)34-9-15/h7-10,12,14,21,32H,5-6,11,13H2,1-4H3,(H,33,35)(H,40,41). The monoisotopic (exact) mass is 571 g/mol. The van der Waals surface area contributed by atoms with Gasteiger partial charge >= 0.3 is 5.97 Å². The zero-order chi connectivity index (χ0) is 29.4. The number of nitrogens with one attached hydrogen (secondary N) is 2. The van der Waals surface area contributed by atoms with Crippen molar-refractivity contribution >= 4 is 50.3 Å². The van der Waals surface area contributed by atoms with Gasteiger partial charge in [-0.05, 0) is 32.0 Å². The summed E-state index contributed by atoms with van der Waals surface area (Å²) in [6.45, 7) is 2.61. The molecule has 2 fully saturated rings. The Morgan fingerprint density at radius 2 is 2.00 bits per heavy atom. The molecule has 0 amide bonds. The Labute approximate surface area is 239 Å². The number of halogens is 1. The first-order chi connectivity index (χ1) is 20.2. The van der Waals surface area contributed by atoms with E-state index in [4.69, 9.17) is 9.72 Å². The van der Waals surface area contributed by atoms with E-state index in [1.807, 2.05) is 0 Å². The lowest BCUT2D eigenvalue weighted by Crippen LogP contribution is -2.32. The predicted octanol–water partition coefficient (Wildman–Crippen LogP) is 3.66. The van der Waals surface area contributed by atoms with Gasteiger partial charge in [0.15, 0.2) is 11.6 Å². The van der Waals surface area contributed by atoms with Crippen molar-refractivity contribution in [2.45, 2.75) is 12.5 Å². The van der Waals surface area contributed by atoms with E-state index < -0.39 is 17.2 Å². The number of methoxy groups -OCH3 is 1. The van der Waals surface area contributed by atoms with Gasteiger partial charge in [-0.15, -0.1) is 0 Å². The SMILES string of the molecule is CNc1cc(F)c(OC)c2c1[nH]c1ncc(-c3cnc4c(c3)c(=O)c(C(=O)O)cn4C)c(N3CC4CCN(C)C4C3)c12. The summed E-state index contributed by atoms with van der Waals surface area (Å²) >= 11 is 0. The highest BCUT2D eigenvalue weighted by atomic mass is 19.1. The molecule has 2 unspecified atom stereocenters. The first kappa shape index (κ1) is 26.2. The van der Waals surface area contributed by atoms with Gasteiger partial charge < -0.3 is 34.5 Å². The van der Waals surface area contributed by atoms with Crippen LogP contribution in [0.2, 0.25) is 0 Å². The first-order valence-electron chi connectivity index (χ1n) is 13.8. The number of aromatic amines is 1. The van der Waals surface area contributed by atoms with E-state index in [2.05, 4.69) is 32.1 Å². The molecule has 42 heavy (non-hydrogen) atoms. The maximum Gasteiger partial charge on any atom is 0.341 e. The van der Waals surface area contributed by atoms with Gasteiger partial charge in [0.05, 0.1) is 40.2 Å². The average Bonchev–Trinajstić information content (AvgIpc) is 3.68. The van der Waals surface area contributed by atoms with Gasteiger partial charge in [-0.2, -0.15) is 0 Å². The minimum Gasteiger partial charge on any atom is -0.493 e. The van der Waals surface area contributed by atoms with Crippen LogP contribution in [0.3, 0.4) is 0 Å². The average molecular weight is 572 g/mol. The molecule has 0 spiro atoms. The summed E-state index contributed by atoms with van der Waals surface area (Å²) in [6.07, 6.45) is 5.78. The van der Waals surface area contributed by atoms with Crippen molar-refractivity contribution < 1.29 is 19.0 Å². The Hall–Kier alpha value is -4.71. The normalized spacial score (nSPS) is 18.8. The van der Waals surface area contributed by atoms with Crippen molar-refractivity contribution in [3.63, 3.8) is 0 Å². The molecule has 5 aromatic rings. The number of rotatable bonds is 5. The molecule has 0 radical (unpaired) electrons. The Balaban J connectivity index is 1.56. The highest BCUT2D eigenvalue weighted by Crippen LogP contribution is 2.47. The van der Waals surface area contributed by atoms with E-state index in [0.29, 0.717) is 56.4 Å². The second kappa shape index (κ2) is 9.41. The summed E-state index contributed by atoms with van der Waals surface area (Å²) in [7, 11) is 6.98. The number of H-pyrrole nitrogens is 1. The van der Waals surface area contributed by atoms with Crippen LogP contribution in [0.5, 0.6) is 5.75 Å². The number of carbonyl (C=O) groups is 1. The van der Waals surface area contributed by atoms with Gasteiger partial charge in [0.2, 0.25) is 5.43 Å². The van der Waals surface area contributed by atoms with Gasteiger partial charge in [0, 0.05) is 69.0 Å². The highest BCUT2D eigenvalue weighted by Gasteiger charge is 2.41. The number of aromatic carboxylic acids is 1. The second-order valence-electron chi connectivity index (χ2n) is 11.2. The van der Waals surface area contributed by atoms with E-state index in [1.54, 1.807) is 32.6 Å². The quantitative estimate of drug-likeness (QED) is 0.290. The van der Waals surface area contributed by atoms with Gasteiger partial charge in [-0.1, -0.05) is 0 Å². The number of carboxylic acids is 1.